The van der Waals surface area contributed by atoms with Crippen LogP contribution in [-0.2, 0) is 0 Å². The van der Waals surface area contributed by atoms with E-state index in [0.717, 1.165) is 11.3 Å². The molecular formula is C5H3N5O2S. The zero-order valence-corrected chi connectivity index (χ0v) is 6.98. The van der Waals surface area contributed by atoms with Crippen molar-refractivity contribution in [3.63, 3.8) is 0 Å². The lowest BCUT2D eigenvalue weighted by molar-refractivity contribution is -0.380. The molecule has 0 unspecified atom stereocenters. The van der Waals surface area contributed by atoms with Crippen molar-refractivity contribution in [1.82, 2.24) is 20.6 Å². The molecule has 0 atom stereocenters. The van der Waals surface area contributed by atoms with E-state index in [0.29, 0.717) is 10.7 Å². The minimum absolute atomic E-state index is 0.0754. The highest BCUT2D eigenvalue weighted by Crippen LogP contribution is 2.29. The topological polar surface area (TPSA) is 97.6 Å². The van der Waals surface area contributed by atoms with E-state index in [1.807, 2.05) is 0 Å². The highest BCUT2D eigenvalue weighted by molar-refractivity contribution is 7.18. The third-order valence-electron chi connectivity index (χ3n) is 1.35. The predicted molar refractivity (Wildman–Crippen MR) is 44.1 cm³/mol. The summed E-state index contributed by atoms with van der Waals surface area (Å²) in [6.07, 6.45) is 0. The van der Waals surface area contributed by atoms with Crippen LogP contribution >= 0.6 is 11.3 Å². The molecule has 0 bridgehead atoms. The van der Waals surface area contributed by atoms with Crippen molar-refractivity contribution in [3.8, 4) is 10.7 Å². The zero-order chi connectivity index (χ0) is 9.26. The zero-order valence-electron chi connectivity index (χ0n) is 6.17. The maximum absolute atomic E-state index is 10.3. The van der Waals surface area contributed by atoms with Crippen LogP contribution in [0, 0.1) is 10.1 Å². The number of tetrazole rings is 1. The van der Waals surface area contributed by atoms with Gasteiger partial charge in [-0.25, -0.2) is 5.10 Å². The number of hydrogen-bond donors (Lipinski definition) is 1. The molecule has 2 heterocycles. The maximum Gasteiger partial charge on any atom is 0.324 e. The Balaban J connectivity index is 2.39. The van der Waals surface area contributed by atoms with Crippen LogP contribution in [0.25, 0.3) is 10.7 Å². The van der Waals surface area contributed by atoms with Crippen molar-refractivity contribution in [2.45, 2.75) is 0 Å². The third kappa shape index (κ3) is 1.38. The van der Waals surface area contributed by atoms with Gasteiger partial charge >= 0.3 is 5.00 Å². The van der Waals surface area contributed by atoms with Crippen LogP contribution in [0.1, 0.15) is 0 Å². The summed E-state index contributed by atoms with van der Waals surface area (Å²) in [5, 5.41) is 23.3. The van der Waals surface area contributed by atoms with Crippen LogP contribution in [0.5, 0.6) is 0 Å². The first kappa shape index (κ1) is 7.80. The Labute approximate surface area is 75.6 Å². The van der Waals surface area contributed by atoms with Crippen LogP contribution < -0.4 is 0 Å². The molecule has 2 aromatic rings. The minimum Gasteiger partial charge on any atom is -0.258 e. The van der Waals surface area contributed by atoms with Gasteiger partial charge < -0.3 is 0 Å². The van der Waals surface area contributed by atoms with Crippen LogP contribution in [0.2, 0.25) is 0 Å². The molecular weight excluding hydrogens is 194 g/mol. The predicted octanol–water partition coefficient (Wildman–Crippen LogP) is 0.836. The van der Waals surface area contributed by atoms with E-state index in [-0.39, 0.29) is 5.00 Å². The van der Waals surface area contributed by atoms with Gasteiger partial charge in [-0.1, -0.05) is 11.3 Å². The van der Waals surface area contributed by atoms with E-state index in [4.69, 9.17) is 0 Å². The van der Waals surface area contributed by atoms with Gasteiger partial charge in [-0.3, -0.25) is 10.1 Å². The Morgan fingerprint density at radius 3 is 2.92 bits per heavy atom. The van der Waals surface area contributed by atoms with E-state index in [1.54, 1.807) is 6.07 Å². The van der Waals surface area contributed by atoms with E-state index in [9.17, 15) is 10.1 Å². The monoisotopic (exact) mass is 197 g/mol. The number of H-pyrrole nitrogens is 1. The molecule has 0 aliphatic heterocycles. The molecule has 13 heavy (non-hydrogen) atoms. The first-order valence-electron chi connectivity index (χ1n) is 3.25. The average Bonchev–Trinajstić information content (AvgIpc) is 2.75. The summed E-state index contributed by atoms with van der Waals surface area (Å²) in [7, 11) is 0. The molecule has 0 saturated carbocycles. The van der Waals surface area contributed by atoms with Gasteiger partial charge in [-0.05, 0) is 16.5 Å². The lowest BCUT2D eigenvalue weighted by Crippen LogP contribution is -1.80. The Morgan fingerprint density at radius 1 is 1.54 bits per heavy atom. The number of rotatable bonds is 2. The normalized spacial score (nSPS) is 10.2. The molecule has 0 saturated heterocycles. The summed E-state index contributed by atoms with van der Waals surface area (Å²) in [6, 6.07) is 3.02. The minimum atomic E-state index is -0.446. The molecule has 0 spiro atoms. The van der Waals surface area contributed by atoms with E-state index in [2.05, 4.69) is 20.6 Å². The van der Waals surface area contributed by atoms with Gasteiger partial charge in [0.15, 0.2) is 5.82 Å². The number of thiophene rings is 1. The molecule has 1 N–H and O–H groups in total. The van der Waals surface area contributed by atoms with Crippen LogP contribution in [0.4, 0.5) is 5.00 Å². The molecule has 0 amide bonds. The quantitative estimate of drug-likeness (QED) is 0.568. The number of nitrogens with zero attached hydrogens (tertiary/aromatic N) is 4. The number of hydrogen-bond acceptors (Lipinski definition) is 6. The fraction of sp³-hybridized carbons (Fsp3) is 0. The standard InChI is InChI=1S/C5H3N5O2S/c11-10(12)4-2-1-3(13-4)5-6-8-9-7-5/h1-2H,(H,6,7,8,9). The fourth-order valence-corrected chi connectivity index (χ4v) is 1.57. The van der Waals surface area contributed by atoms with Crippen molar-refractivity contribution >= 4 is 16.3 Å². The molecule has 66 valence electrons. The summed E-state index contributed by atoms with van der Waals surface area (Å²) < 4.78 is 0. The smallest absolute Gasteiger partial charge is 0.258 e. The van der Waals surface area contributed by atoms with Crippen LogP contribution in [0.3, 0.4) is 0 Å². The second kappa shape index (κ2) is 2.90. The Kier molecular flexibility index (Phi) is 1.74. The average molecular weight is 197 g/mol. The summed E-state index contributed by atoms with van der Waals surface area (Å²) in [5.41, 5.74) is 0. The molecule has 2 aromatic heterocycles. The molecule has 0 fully saturated rings. The van der Waals surface area contributed by atoms with E-state index < -0.39 is 4.92 Å². The summed E-state index contributed by atoms with van der Waals surface area (Å²) in [6.45, 7) is 0. The SMILES string of the molecule is O=[N+]([O-])c1ccc(-c2nnn[nH]2)s1. The van der Waals surface area contributed by atoms with E-state index >= 15 is 0 Å². The first-order valence-corrected chi connectivity index (χ1v) is 4.07. The lowest BCUT2D eigenvalue weighted by atomic mass is 10.4. The maximum atomic E-state index is 10.3. The van der Waals surface area contributed by atoms with Gasteiger partial charge in [0.1, 0.15) is 0 Å². The Bertz CT molecular complexity index is 422. The van der Waals surface area contributed by atoms with Gasteiger partial charge in [0, 0.05) is 6.07 Å². The summed E-state index contributed by atoms with van der Waals surface area (Å²) in [5.74, 6) is 0.443. The largest absolute Gasteiger partial charge is 0.324 e. The number of nitro groups is 1. The number of nitrogens with one attached hydrogen (secondary N) is 1. The summed E-state index contributed by atoms with van der Waals surface area (Å²) in [4.78, 5) is 10.5. The number of aromatic nitrogens is 4. The molecule has 7 nitrogen and oxygen atoms in total. The Morgan fingerprint density at radius 2 is 2.38 bits per heavy atom. The van der Waals surface area contributed by atoms with Crippen LogP contribution in [0.15, 0.2) is 12.1 Å². The van der Waals surface area contributed by atoms with Crippen molar-refractivity contribution < 1.29 is 4.92 Å². The molecule has 0 aliphatic carbocycles. The van der Waals surface area contributed by atoms with Crippen molar-refractivity contribution in [2.24, 2.45) is 0 Å². The summed E-state index contributed by atoms with van der Waals surface area (Å²) >= 11 is 1.03. The van der Waals surface area contributed by atoms with Crippen LogP contribution in [-0.4, -0.2) is 25.5 Å². The highest BCUT2D eigenvalue weighted by Gasteiger charge is 2.12. The molecule has 0 aliphatic rings. The first-order chi connectivity index (χ1) is 6.27. The highest BCUT2D eigenvalue weighted by atomic mass is 32.1. The second-order valence-corrected chi connectivity index (χ2v) is 3.21. The van der Waals surface area contributed by atoms with Gasteiger partial charge in [0.25, 0.3) is 0 Å². The van der Waals surface area contributed by atoms with Gasteiger partial charge in [0.2, 0.25) is 0 Å². The van der Waals surface area contributed by atoms with Crippen molar-refractivity contribution in [3.05, 3.63) is 22.2 Å². The fourth-order valence-electron chi connectivity index (χ4n) is 0.817. The Hall–Kier alpha value is -1.83. The third-order valence-corrected chi connectivity index (χ3v) is 2.39. The second-order valence-electron chi connectivity index (χ2n) is 2.14. The number of aromatic amines is 1. The van der Waals surface area contributed by atoms with E-state index in [1.165, 1.54) is 6.07 Å². The van der Waals surface area contributed by atoms with Crippen molar-refractivity contribution in [1.29, 1.82) is 0 Å². The van der Waals surface area contributed by atoms with Gasteiger partial charge in [-0.2, -0.15) is 0 Å². The van der Waals surface area contributed by atoms with Crippen molar-refractivity contribution in [2.75, 3.05) is 0 Å². The molecule has 0 aromatic carbocycles. The lowest BCUT2D eigenvalue weighted by Gasteiger charge is -1.82. The molecule has 8 heteroatoms. The van der Waals surface area contributed by atoms with Gasteiger partial charge in [-0.15, -0.1) is 5.10 Å². The molecule has 0 radical (unpaired) electrons. The molecule has 2 rings (SSSR count). The van der Waals surface area contributed by atoms with Gasteiger partial charge in [0.05, 0.1) is 9.80 Å².